The number of nitrogens with one attached hydrogen (secondary N) is 1. The Balaban J connectivity index is 2.13. The summed E-state index contributed by atoms with van der Waals surface area (Å²) < 4.78 is 5.62. The first-order chi connectivity index (χ1) is 7.92. The highest BCUT2D eigenvalue weighted by molar-refractivity contribution is 5.66. The number of aromatic nitrogens is 2. The second kappa shape index (κ2) is 5.35. The van der Waals surface area contributed by atoms with Gasteiger partial charge in [-0.25, -0.2) is 5.10 Å². The van der Waals surface area contributed by atoms with E-state index in [1.54, 1.807) is 0 Å². The summed E-state index contributed by atoms with van der Waals surface area (Å²) in [4.78, 5) is 0. The number of ether oxygens (including phenoxy) is 1. The quantitative estimate of drug-likeness (QED) is 0.778. The molecule has 0 amide bonds. The average Bonchev–Trinajstić information content (AvgIpc) is 2.79. The number of benzene rings is 1. The van der Waals surface area contributed by atoms with Crippen molar-refractivity contribution in [3.05, 3.63) is 36.5 Å². The van der Waals surface area contributed by atoms with Crippen molar-refractivity contribution in [2.24, 2.45) is 0 Å². The third kappa shape index (κ3) is 2.42. The van der Waals surface area contributed by atoms with Gasteiger partial charge < -0.3 is 4.74 Å². The van der Waals surface area contributed by atoms with E-state index in [2.05, 4.69) is 23.3 Å². The topological polar surface area (TPSA) is 37.9 Å². The van der Waals surface area contributed by atoms with E-state index >= 15 is 0 Å². The van der Waals surface area contributed by atoms with Crippen LogP contribution >= 0.6 is 0 Å². The summed E-state index contributed by atoms with van der Waals surface area (Å²) in [5, 5.41) is 6.74. The normalized spacial score (nSPS) is 10.3. The molecule has 0 aliphatic rings. The van der Waals surface area contributed by atoms with Crippen molar-refractivity contribution in [1.29, 1.82) is 0 Å². The van der Waals surface area contributed by atoms with Crippen LogP contribution in [0.5, 0.6) is 5.88 Å². The van der Waals surface area contributed by atoms with E-state index in [0.29, 0.717) is 12.5 Å². The number of unbranched alkanes of at least 4 members (excludes halogenated alkanes) is 1. The highest BCUT2D eigenvalue weighted by Crippen LogP contribution is 2.26. The van der Waals surface area contributed by atoms with Crippen LogP contribution in [-0.4, -0.2) is 16.8 Å². The molecule has 0 unspecified atom stereocenters. The van der Waals surface area contributed by atoms with E-state index in [-0.39, 0.29) is 0 Å². The van der Waals surface area contributed by atoms with Gasteiger partial charge in [-0.15, -0.1) is 0 Å². The maximum atomic E-state index is 5.62. The highest BCUT2D eigenvalue weighted by atomic mass is 16.5. The predicted octanol–water partition coefficient (Wildman–Crippen LogP) is 3.06. The van der Waals surface area contributed by atoms with Crippen LogP contribution in [0.25, 0.3) is 11.1 Å². The van der Waals surface area contributed by atoms with Crippen molar-refractivity contribution in [3.8, 4) is 17.0 Å². The molecule has 0 saturated carbocycles. The van der Waals surface area contributed by atoms with E-state index in [1.807, 2.05) is 30.3 Å². The van der Waals surface area contributed by atoms with Gasteiger partial charge >= 0.3 is 0 Å². The maximum Gasteiger partial charge on any atom is 0.217 e. The van der Waals surface area contributed by atoms with Crippen LogP contribution in [0.15, 0.2) is 30.3 Å². The molecule has 0 saturated heterocycles. The largest absolute Gasteiger partial charge is 0.478 e. The van der Waals surface area contributed by atoms with Crippen molar-refractivity contribution >= 4 is 0 Å². The minimum absolute atomic E-state index is 0.708. The van der Waals surface area contributed by atoms with E-state index in [4.69, 9.17) is 4.74 Å². The van der Waals surface area contributed by atoms with Crippen molar-refractivity contribution in [3.63, 3.8) is 0 Å². The molecule has 3 nitrogen and oxygen atoms in total. The van der Waals surface area contributed by atoms with Crippen LogP contribution in [0.3, 0.4) is 0 Å². The fourth-order valence-corrected chi connectivity index (χ4v) is 1.46. The molecule has 0 aliphatic carbocycles. The maximum absolute atomic E-state index is 5.62. The second-order valence-corrected chi connectivity index (χ2v) is 3.61. The monoisotopic (exact) mass is 215 g/mol. The lowest BCUT2D eigenvalue weighted by Crippen LogP contribution is -1.97. The number of hydrogen-bond acceptors (Lipinski definition) is 2. The molecule has 1 heterocycles. The highest BCUT2D eigenvalue weighted by Gasteiger charge is 2.08. The molecule has 0 fully saturated rings. The zero-order valence-corrected chi connectivity index (χ0v) is 9.36. The number of rotatable bonds is 5. The first-order valence-corrected chi connectivity index (χ1v) is 5.56. The molecular weight excluding hydrogens is 200 g/mol. The Morgan fingerprint density at radius 2 is 2.12 bits per heavy atom. The molecule has 0 spiro atoms. The van der Waals surface area contributed by atoms with E-state index in [9.17, 15) is 0 Å². The van der Waals surface area contributed by atoms with Crippen LogP contribution < -0.4 is 4.74 Å². The minimum Gasteiger partial charge on any atom is -0.478 e. The van der Waals surface area contributed by atoms with Gasteiger partial charge in [0.05, 0.1) is 12.2 Å². The van der Waals surface area contributed by atoms with Gasteiger partial charge in [-0.05, 0) is 12.0 Å². The van der Waals surface area contributed by atoms with Gasteiger partial charge in [-0.1, -0.05) is 43.7 Å². The predicted molar refractivity (Wildman–Crippen MR) is 63.3 cm³/mol. The van der Waals surface area contributed by atoms with E-state index < -0.39 is 0 Å². The molecule has 16 heavy (non-hydrogen) atoms. The molecule has 1 N–H and O–H groups in total. The van der Waals surface area contributed by atoms with Crippen molar-refractivity contribution in [2.45, 2.75) is 19.8 Å². The molecule has 2 rings (SSSR count). The minimum atomic E-state index is 0.708. The summed E-state index contributed by atoms with van der Waals surface area (Å²) in [6, 6.07) is 10.0. The molecule has 1 aromatic carbocycles. The number of hydrogen-bond donors (Lipinski definition) is 1. The smallest absolute Gasteiger partial charge is 0.217 e. The fourth-order valence-electron chi connectivity index (χ4n) is 1.46. The lowest BCUT2D eigenvalue weighted by atomic mass is 10.1. The Morgan fingerprint density at radius 1 is 1.31 bits per heavy atom. The summed E-state index contributed by atoms with van der Waals surface area (Å²) in [6.07, 6.45) is 5.09. The van der Waals surface area contributed by atoms with Gasteiger partial charge in [0.25, 0.3) is 0 Å². The molecule has 1 aromatic heterocycles. The third-order valence-electron chi connectivity index (χ3n) is 2.36. The first-order valence-electron chi connectivity index (χ1n) is 5.56. The zero-order chi connectivity index (χ0) is 11.2. The Morgan fingerprint density at radius 3 is 2.88 bits per heavy atom. The van der Waals surface area contributed by atoms with Crippen LogP contribution in [0.4, 0.5) is 0 Å². The molecular formula is C13H15N2O. The summed E-state index contributed by atoms with van der Waals surface area (Å²) in [5.41, 5.74) is 1.97. The number of H-pyrrole nitrogens is 1. The fraction of sp³-hybridized carbons (Fsp3) is 0.308. The van der Waals surface area contributed by atoms with Gasteiger partial charge in [0.1, 0.15) is 6.20 Å². The molecule has 0 atom stereocenters. The van der Waals surface area contributed by atoms with Crippen LogP contribution in [0.2, 0.25) is 0 Å². The summed E-state index contributed by atoms with van der Waals surface area (Å²) in [5.74, 6) is 0.708. The molecule has 0 aliphatic heterocycles. The van der Waals surface area contributed by atoms with Crippen molar-refractivity contribution < 1.29 is 4.74 Å². The molecule has 83 valence electrons. The van der Waals surface area contributed by atoms with Crippen molar-refractivity contribution in [2.75, 3.05) is 6.61 Å². The molecule has 0 bridgehead atoms. The molecule has 3 heteroatoms. The summed E-state index contributed by atoms with van der Waals surface area (Å²) in [6.45, 7) is 2.85. The lowest BCUT2D eigenvalue weighted by Gasteiger charge is -2.05. The van der Waals surface area contributed by atoms with Crippen molar-refractivity contribution in [1.82, 2.24) is 10.2 Å². The van der Waals surface area contributed by atoms with Gasteiger partial charge in [0.15, 0.2) is 0 Å². The molecule has 1 radical (unpaired) electrons. The second-order valence-electron chi connectivity index (χ2n) is 3.61. The molecule has 2 aromatic rings. The van der Waals surface area contributed by atoms with Gasteiger partial charge in [0, 0.05) is 0 Å². The zero-order valence-electron chi connectivity index (χ0n) is 9.36. The Labute approximate surface area is 95.5 Å². The van der Waals surface area contributed by atoms with Gasteiger partial charge in [-0.2, -0.15) is 5.10 Å². The number of nitrogens with zero attached hydrogens (tertiary/aromatic N) is 1. The Bertz CT molecular complexity index is 423. The van der Waals surface area contributed by atoms with Crippen LogP contribution in [-0.2, 0) is 0 Å². The Kier molecular flexibility index (Phi) is 3.59. The average molecular weight is 215 g/mol. The Hall–Kier alpha value is -1.77. The van der Waals surface area contributed by atoms with Crippen LogP contribution in [0, 0.1) is 6.20 Å². The standard InChI is InChI=1S/C13H15N2O/c1-2-3-9-16-13-12(10-14-15-13)11-7-5-4-6-8-11/h4-8H,2-3,9H2,1H3,(H,14,15). The summed E-state index contributed by atoms with van der Waals surface area (Å²) >= 11 is 0. The summed E-state index contributed by atoms with van der Waals surface area (Å²) in [7, 11) is 0. The van der Waals surface area contributed by atoms with Crippen LogP contribution in [0.1, 0.15) is 19.8 Å². The van der Waals surface area contributed by atoms with Gasteiger partial charge in [-0.3, -0.25) is 0 Å². The number of aromatic amines is 1. The van der Waals surface area contributed by atoms with Gasteiger partial charge in [0.2, 0.25) is 5.88 Å². The lowest BCUT2D eigenvalue weighted by molar-refractivity contribution is 0.298. The SMILES string of the molecule is CCCCOc1[nH]n[c]c1-c1ccccc1. The van der Waals surface area contributed by atoms with E-state index in [0.717, 1.165) is 24.0 Å². The third-order valence-corrected chi connectivity index (χ3v) is 2.36. The first kappa shape index (κ1) is 10.7. The van der Waals surface area contributed by atoms with E-state index in [1.165, 1.54) is 0 Å².